The summed E-state index contributed by atoms with van der Waals surface area (Å²) in [7, 11) is 0. The summed E-state index contributed by atoms with van der Waals surface area (Å²) >= 11 is 0. The van der Waals surface area contributed by atoms with E-state index in [1.807, 2.05) is 0 Å². The minimum Gasteiger partial charge on any atom is -0.508 e. The lowest BCUT2D eigenvalue weighted by Gasteiger charge is -2.19. The van der Waals surface area contributed by atoms with Crippen LogP contribution in [0.2, 0.25) is 0 Å². The van der Waals surface area contributed by atoms with Crippen molar-refractivity contribution >= 4 is 0 Å². The average molecular weight is 202 g/mol. The molecule has 0 bridgehead atoms. The van der Waals surface area contributed by atoms with E-state index in [-0.39, 0.29) is 5.75 Å². The van der Waals surface area contributed by atoms with Gasteiger partial charge in [0.15, 0.2) is 0 Å². The molecule has 0 aromatic heterocycles. The summed E-state index contributed by atoms with van der Waals surface area (Å²) in [6.45, 7) is 1.04. The number of hydrogen-bond acceptors (Lipinski definition) is 2. The van der Waals surface area contributed by atoms with Crippen LogP contribution in [-0.2, 0) is 6.42 Å². The highest BCUT2D eigenvalue weighted by Gasteiger charge is 2.35. The van der Waals surface area contributed by atoms with Gasteiger partial charge in [-0.2, -0.15) is 0 Å². The second-order valence-corrected chi connectivity index (χ2v) is 3.28. The van der Waals surface area contributed by atoms with Gasteiger partial charge in [0.05, 0.1) is 0 Å². The zero-order valence-electron chi connectivity index (χ0n) is 7.74. The predicted octanol–water partition coefficient (Wildman–Crippen LogP) is 1.95. The Labute approximate surface area is 80.8 Å². The van der Waals surface area contributed by atoms with Crippen molar-refractivity contribution in [2.24, 2.45) is 0 Å². The molecule has 1 aromatic carbocycles. The van der Waals surface area contributed by atoms with Crippen molar-refractivity contribution < 1.29 is 19.0 Å². The maximum absolute atomic E-state index is 13.0. The smallest absolute Gasteiger partial charge is 0.277 e. The summed E-state index contributed by atoms with van der Waals surface area (Å²) in [6, 6.07) is 5.64. The van der Waals surface area contributed by atoms with E-state index in [2.05, 4.69) is 0 Å². The number of benzene rings is 1. The van der Waals surface area contributed by atoms with Crippen molar-refractivity contribution in [1.82, 2.24) is 0 Å². The van der Waals surface area contributed by atoms with Gasteiger partial charge in [-0.25, -0.2) is 8.78 Å². The molecule has 0 aliphatic heterocycles. The highest BCUT2D eigenvalue weighted by molar-refractivity contribution is 5.27. The molecule has 1 aromatic rings. The summed E-state index contributed by atoms with van der Waals surface area (Å²) in [5.74, 6) is -3.21. The molecule has 0 aliphatic carbocycles. The zero-order chi connectivity index (χ0) is 10.8. The minimum absolute atomic E-state index is 0.0520. The normalized spacial score (nSPS) is 14.0. The molecule has 1 unspecified atom stereocenters. The van der Waals surface area contributed by atoms with Gasteiger partial charge in [0.1, 0.15) is 11.9 Å². The molecule has 1 rings (SSSR count). The van der Waals surface area contributed by atoms with Gasteiger partial charge in [0.25, 0.3) is 5.92 Å². The Morgan fingerprint density at radius 2 is 2.07 bits per heavy atom. The van der Waals surface area contributed by atoms with Gasteiger partial charge in [0, 0.05) is 6.42 Å². The quantitative estimate of drug-likeness (QED) is 0.786. The Morgan fingerprint density at radius 1 is 1.43 bits per heavy atom. The van der Waals surface area contributed by atoms with Gasteiger partial charge in [0.2, 0.25) is 0 Å². The van der Waals surface area contributed by atoms with Crippen LogP contribution in [-0.4, -0.2) is 22.2 Å². The summed E-state index contributed by atoms with van der Waals surface area (Å²) in [5.41, 5.74) is 0.302. The molecule has 4 heteroatoms. The summed E-state index contributed by atoms with van der Waals surface area (Å²) in [6.07, 6.45) is -2.26. The molecule has 78 valence electrons. The van der Waals surface area contributed by atoms with Crippen LogP contribution in [0.25, 0.3) is 0 Å². The van der Waals surface area contributed by atoms with E-state index in [0.29, 0.717) is 5.56 Å². The molecule has 0 amide bonds. The van der Waals surface area contributed by atoms with Crippen LogP contribution >= 0.6 is 0 Å². The van der Waals surface area contributed by atoms with Gasteiger partial charge >= 0.3 is 0 Å². The molecular weight excluding hydrogens is 190 g/mol. The number of aromatic hydroxyl groups is 1. The molecule has 0 aliphatic rings. The number of alkyl halides is 2. The van der Waals surface area contributed by atoms with Crippen LogP contribution in [0.1, 0.15) is 12.5 Å². The summed E-state index contributed by atoms with van der Waals surface area (Å²) in [5, 5.41) is 17.8. The van der Waals surface area contributed by atoms with E-state index >= 15 is 0 Å². The summed E-state index contributed by atoms with van der Waals surface area (Å²) in [4.78, 5) is 0. The highest BCUT2D eigenvalue weighted by atomic mass is 19.3. The van der Waals surface area contributed by atoms with Gasteiger partial charge in [-0.3, -0.25) is 0 Å². The number of phenolic OH excluding ortho intramolecular Hbond substituents is 1. The first kappa shape index (κ1) is 10.9. The van der Waals surface area contributed by atoms with E-state index < -0.39 is 18.4 Å². The molecule has 0 saturated carbocycles. The molecule has 0 spiro atoms. The highest BCUT2D eigenvalue weighted by Crippen LogP contribution is 2.25. The third kappa shape index (κ3) is 2.67. The van der Waals surface area contributed by atoms with E-state index in [4.69, 9.17) is 10.2 Å². The third-order valence-corrected chi connectivity index (χ3v) is 1.96. The molecule has 0 heterocycles. The van der Waals surface area contributed by atoms with Crippen molar-refractivity contribution in [2.75, 3.05) is 0 Å². The maximum atomic E-state index is 13.0. The standard InChI is InChI=1S/C10H12F2O2/c1-7(13)10(11,12)6-8-3-2-4-9(14)5-8/h2-5,7,13-14H,6H2,1H3. The lowest BCUT2D eigenvalue weighted by molar-refractivity contribution is -0.0982. The van der Waals surface area contributed by atoms with E-state index in [1.54, 1.807) is 0 Å². The first-order chi connectivity index (χ1) is 6.42. The first-order valence-electron chi connectivity index (χ1n) is 4.25. The van der Waals surface area contributed by atoms with Gasteiger partial charge < -0.3 is 10.2 Å². The van der Waals surface area contributed by atoms with Crippen LogP contribution in [0, 0.1) is 0 Å². The fraction of sp³-hybridized carbons (Fsp3) is 0.400. The van der Waals surface area contributed by atoms with Crippen LogP contribution in [0.3, 0.4) is 0 Å². The fourth-order valence-corrected chi connectivity index (χ4v) is 1.09. The van der Waals surface area contributed by atoms with Crippen LogP contribution in [0.15, 0.2) is 24.3 Å². The van der Waals surface area contributed by atoms with Crippen molar-refractivity contribution in [1.29, 1.82) is 0 Å². The Bertz CT molecular complexity index is 311. The molecule has 2 nitrogen and oxygen atoms in total. The predicted molar refractivity (Wildman–Crippen MR) is 48.4 cm³/mol. The van der Waals surface area contributed by atoms with Gasteiger partial charge in [-0.15, -0.1) is 0 Å². The Kier molecular flexibility index (Phi) is 3.06. The minimum atomic E-state index is -3.16. The first-order valence-corrected chi connectivity index (χ1v) is 4.25. The molecule has 1 atom stereocenters. The Balaban J connectivity index is 2.78. The zero-order valence-corrected chi connectivity index (χ0v) is 7.74. The molecule has 0 radical (unpaired) electrons. The van der Waals surface area contributed by atoms with Crippen LogP contribution < -0.4 is 0 Å². The van der Waals surface area contributed by atoms with Crippen LogP contribution in [0.4, 0.5) is 8.78 Å². The molecule has 2 N–H and O–H groups in total. The van der Waals surface area contributed by atoms with Crippen molar-refractivity contribution in [3.63, 3.8) is 0 Å². The van der Waals surface area contributed by atoms with Gasteiger partial charge in [-0.1, -0.05) is 12.1 Å². The third-order valence-electron chi connectivity index (χ3n) is 1.96. The number of phenols is 1. The number of rotatable bonds is 3. The lowest BCUT2D eigenvalue weighted by atomic mass is 10.0. The molecular formula is C10H12F2O2. The molecule has 0 fully saturated rings. The molecule has 0 saturated heterocycles. The van der Waals surface area contributed by atoms with Gasteiger partial charge in [-0.05, 0) is 24.6 Å². The Morgan fingerprint density at radius 3 is 2.57 bits per heavy atom. The second-order valence-electron chi connectivity index (χ2n) is 3.28. The van der Waals surface area contributed by atoms with Crippen molar-refractivity contribution in [3.8, 4) is 5.75 Å². The molecule has 14 heavy (non-hydrogen) atoms. The number of aliphatic hydroxyl groups excluding tert-OH is 1. The lowest BCUT2D eigenvalue weighted by Crippen LogP contribution is -2.33. The van der Waals surface area contributed by atoms with Crippen molar-refractivity contribution in [2.45, 2.75) is 25.4 Å². The fourth-order valence-electron chi connectivity index (χ4n) is 1.09. The second kappa shape index (κ2) is 3.92. The number of halogens is 2. The summed E-state index contributed by atoms with van der Waals surface area (Å²) < 4.78 is 26.1. The topological polar surface area (TPSA) is 40.5 Å². The SMILES string of the molecule is CC(O)C(F)(F)Cc1cccc(O)c1. The van der Waals surface area contributed by atoms with Crippen LogP contribution in [0.5, 0.6) is 5.75 Å². The average Bonchev–Trinajstić information content (AvgIpc) is 2.02. The van der Waals surface area contributed by atoms with E-state index in [1.165, 1.54) is 24.3 Å². The number of aliphatic hydroxyl groups is 1. The maximum Gasteiger partial charge on any atom is 0.277 e. The van der Waals surface area contributed by atoms with Crippen molar-refractivity contribution in [3.05, 3.63) is 29.8 Å². The largest absolute Gasteiger partial charge is 0.508 e. The van der Waals surface area contributed by atoms with E-state index in [9.17, 15) is 8.78 Å². The van der Waals surface area contributed by atoms with E-state index in [0.717, 1.165) is 6.92 Å². The number of hydrogen-bond donors (Lipinski definition) is 2. The Hall–Kier alpha value is -1.16. The monoisotopic (exact) mass is 202 g/mol.